The summed E-state index contributed by atoms with van der Waals surface area (Å²) < 4.78 is 29.7. The van der Waals surface area contributed by atoms with Crippen molar-refractivity contribution >= 4 is 57.9 Å². The maximum absolute atomic E-state index is 17.3. The molecule has 5 aliphatic heterocycles. The molecule has 1 spiro atoms. The molecule has 8 aliphatic rings. The Kier molecular flexibility index (Phi) is 14.0. The second-order valence-electron chi connectivity index (χ2n) is 25.2. The molecule has 2 N–H and O–H groups in total. The molecule has 19 heteroatoms. The number of nitrogens with zero attached hydrogens (tertiary/aromatic N) is 9. The third-order valence-electron chi connectivity index (χ3n) is 18.5. The van der Waals surface area contributed by atoms with Crippen LogP contribution in [0.3, 0.4) is 0 Å². The van der Waals surface area contributed by atoms with E-state index in [-0.39, 0.29) is 76.1 Å². The summed E-state index contributed by atoms with van der Waals surface area (Å²) in [6.45, 7) is 16.8. The molecule has 3 aliphatic carbocycles. The zero-order chi connectivity index (χ0) is 54.3. The Morgan fingerprint density at radius 3 is 2.24 bits per heavy atom. The van der Waals surface area contributed by atoms with Gasteiger partial charge in [-0.25, -0.2) is 14.0 Å². The molecule has 2 bridgehead atoms. The molecule has 416 valence electrons. The zero-order valence-electron chi connectivity index (χ0n) is 45.6. The van der Waals surface area contributed by atoms with E-state index in [0.717, 1.165) is 115 Å². The van der Waals surface area contributed by atoms with Crippen LogP contribution in [0.1, 0.15) is 132 Å². The molecule has 7 heterocycles. The Hall–Kier alpha value is -5.85. The predicted molar refractivity (Wildman–Crippen MR) is 295 cm³/mol. The number of phenols is 1. The fraction of sp³-hybridized carbons (Fsp3) is 0.610. The van der Waals surface area contributed by atoms with E-state index >= 15 is 4.39 Å². The minimum absolute atomic E-state index is 0.000912. The number of pyridine rings is 1. The van der Waals surface area contributed by atoms with Crippen LogP contribution in [0, 0.1) is 29.5 Å². The number of benzene rings is 2. The molecule has 2 atom stereocenters. The third kappa shape index (κ3) is 10.8. The van der Waals surface area contributed by atoms with Crippen LogP contribution in [-0.4, -0.2) is 160 Å². The largest absolute Gasteiger partial charge is 0.508 e. The molecule has 0 radical (unpaired) electrons. The van der Waals surface area contributed by atoms with Gasteiger partial charge in [-0.15, -0.1) is 0 Å². The van der Waals surface area contributed by atoms with Gasteiger partial charge in [-0.3, -0.25) is 29.7 Å². The van der Waals surface area contributed by atoms with Gasteiger partial charge in [-0.2, -0.15) is 9.97 Å². The summed E-state index contributed by atoms with van der Waals surface area (Å²) >= 11 is 6.70. The molecule has 78 heavy (non-hydrogen) atoms. The number of likely N-dealkylation sites (tertiary alicyclic amines) is 1. The zero-order valence-corrected chi connectivity index (χ0v) is 46.4. The number of imide groups is 1. The van der Waals surface area contributed by atoms with E-state index in [1.165, 1.54) is 31.7 Å². The summed E-state index contributed by atoms with van der Waals surface area (Å²) in [5, 5.41) is 13.9. The number of aromatic hydroxyl groups is 1. The summed E-state index contributed by atoms with van der Waals surface area (Å²) in [5.41, 5.74) is 3.17. The highest BCUT2D eigenvalue weighted by Gasteiger charge is 2.48. The summed E-state index contributed by atoms with van der Waals surface area (Å²) in [6.07, 6.45) is 14.0. The third-order valence-corrected chi connectivity index (χ3v) is 18.8. The van der Waals surface area contributed by atoms with Crippen molar-refractivity contribution in [2.24, 2.45) is 16.7 Å². The minimum Gasteiger partial charge on any atom is -0.508 e. The molecule has 4 aromatic rings. The number of ether oxygens (including phenoxy) is 2. The number of piperidine rings is 1. The molecule has 2 aromatic carbocycles. The molecule has 8 fully saturated rings. The molecule has 17 nitrogen and oxygen atoms in total. The number of halogens is 2. The maximum Gasteiger partial charge on any atom is 0.410 e. The minimum atomic E-state index is -0.621. The monoisotopic (exact) mass is 1090 g/mol. The summed E-state index contributed by atoms with van der Waals surface area (Å²) in [5.74, 6) is 0.403. The Balaban J connectivity index is 0.660. The van der Waals surface area contributed by atoms with E-state index < -0.39 is 17.4 Å². The van der Waals surface area contributed by atoms with Gasteiger partial charge in [0.25, 0.3) is 5.91 Å². The molecule has 2 unspecified atom stereocenters. The smallest absolute Gasteiger partial charge is 0.410 e. The molecular weight excluding hydrogens is 1020 g/mol. The average Bonchev–Trinajstić information content (AvgIpc) is 4.47. The van der Waals surface area contributed by atoms with Crippen molar-refractivity contribution in [2.75, 3.05) is 88.4 Å². The van der Waals surface area contributed by atoms with E-state index in [1.54, 1.807) is 17.2 Å². The lowest BCUT2D eigenvalue weighted by Crippen LogP contribution is -2.57. The number of urea groups is 1. The number of aryl methyl sites for hydroxylation is 1. The summed E-state index contributed by atoms with van der Waals surface area (Å²) in [4.78, 5) is 78.9. The molecule has 5 amide bonds. The van der Waals surface area contributed by atoms with Crippen molar-refractivity contribution in [3.05, 3.63) is 64.1 Å². The number of phenolic OH excluding ortho intramolecular Hbond substituents is 1. The lowest BCUT2D eigenvalue weighted by molar-refractivity contribution is -0.120. The Labute approximate surface area is 461 Å². The van der Waals surface area contributed by atoms with Crippen LogP contribution in [0.5, 0.6) is 11.8 Å². The first kappa shape index (κ1) is 52.8. The molecule has 5 saturated heterocycles. The van der Waals surface area contributed by atoms with E-state index in [1.807, 2.05) is 55.7 Å². The first-order valence-electron chi connectivity index (χ1n) is 28.6. The van der Waals surface area contributed by atoms with Gasteiger partial charge >= 0.3 is 18.1 Å². The highest BCUT2D eigenvalue weighted by atomic mass is 35.5. The number of aromatic nitrogens is 3. The van der Waals surface area contributed by atoms with Crippen LogP contribution in [0.4, 0.5) is 25.5 Å². The van der Waals surface area contributed by atoms with Gasteiger partial charge in [-0.1, -0.05) is 17.7 Å². The van der Waals surface area contributed by atoms with Crippen LogP contribution < -0.4 is 19.9 Å². The van der Waals surface area contributed by atoms with Gasteiger partial charge in [0.2, 0.25) is 5.91 Å². The SMILES string of the molecule is Cc1ccc(C(=O)N2CCC3(CCC(CN4CCN(CC5(COc6nc(N7CC8CCC(C7)N8C(=O)OC(C)(C)C)c7cnc(-c8cc(O)cc(Cl)c8C8CC8)c(F)c7n6)CC5)CC4)CC3)CC2)cc1N1CCC(=O)NC1=O. The first-order chi connectivity index (χ1) is 37.4. The topological polar surface area (TPSA) is 177 Å². The lowest BCUT2D eigenvalue weighted by Gasteiger charge is -2.47. The second-order valence-corrected chi connectivity index (χ2v) is 25.6. The van der Waals surface area contributed by atoms with Crippen molar-refractivity contribution in [3.8, 4) is 23.0 Å². The maximum atomic E-state index is 17.3. The number of amides is 5. The van der Waals surface area contributed by atoms with Crippen LogP contribution in [0.25, 0.3) is 22.2 Å². The van der Waals surface area contributed by atoms with Gasteiger partial charge < -0.3 is 34.2 Å². The highest BCUT2D eigenvalue weighted by Crippen LogP contribution is 2.51. The van der Waals surface area contributed by atoms with E-state index in [4.69, 9.17) is 31.0 Å². The fourth-order valence-corrected chi connectivity index (χ4v) is 14.0. The molecule has 2 aromatic heterocycles. The van der Waals surface area contributed by atoms with Crippen molar-refractivity contribution in [3.63, 3.8) is 0 Å². The molecular formula is C59H74ClFN10O7. The van der Waals surface area contributed by atoms with E-state index in [0.29, 0.717) is 65.2 Å². The normalized spacial score (nSPS) is 23.8. The number of anilines is 2. The van der Waals surface area contributed by atoms with Crippen LogP contribution in [-0.2, 0) is 9.53 Å². The fourth-order valence-electron chi connectivity index (χ4n) is 13.7. The molecule has 3 saturated carbocycles. The van der Waals surface area contributed by atoms with Gasteiger partial charge in [0.1, 0.15) is 28.4 Å². The van der Waals surface area contributed by atoms with E-state index in [9.17, 15) is 24.3 Å². The quantitative estimate of drug-likeness (QED) is 0.137. The van der Waals surface area contributed by atoms with Crippen molar-refractivity contribution < 1.29 is 38.1 Å². The lowest BCUT2D eigenvalue weighted by atomic mass is 9.65. The number of nitrogens with one attached hydrogen (secondary N) is 1. The number of piperazine rings is 2. The van der Waals surface area contributed by atoms with Crippen molar-refractivity contribution in [2.45, 2.75) is 135 Å². The second kappa shape index (κ2) is 20.7. The predicted octanol–water partition coefficient (Wildman–Crippen LogP) is 9.30. The summed E-state index contributed by atoms with van der Waals surface area (Å²) in [6, 6.07) is 8.06. The van der Waals surface area contributed by atoms with Crippen molar-refractivity contribution in [1.29, 1.82) is 0 Å². The number of carbonyl (C=O) groups excluding carboxylic acids is 4. The number of rotatable bonds is 12. The standard InChI is InChI=1S/C59H74ClFN10O7/c1-36-5-6-39(27-46(36)70-20-13-47(73)63-55(70)75)53(74)68-21-18-58(19-22-68)14-11-37(12-15-58)31-66-23-25-67(26-24-66)34-59(16-17-59)35-77-54-64-51-44(30-62-50(49(51)61)43-28-42(72)29-45(60)48(43)38-7-8-38)52(65-54)69-32-40-9-10-41(33-69)71(40)56(76)78-57(2,3)4/h5-6,27-30,37-38,40-41,72H,7-26,31-35H2,1-4H3,(H,63,73,75). The average molecular weight is 1090 g/mol. The van der Waals surface area contributed by atoms with E-state index in [2.05, 4.69) is 25.0 Å². The Bertz CT molecular complexity index is 3000. The highest BCUT2D eigenvalue weighted by molar-refractivity contribution is 6.32. The Morgan fingerprint density at radius 2 is 1.58 bits per heavy atom. The van der Waals surface area contributed by atoms with Crippen molar-refractivity contribution in [1.82, 2.24) is 39.9 Å². The summed E-state index contributed by atoms with van der Waals surface area (Å²) in [7, 11) is 0. The number of hydrogen-bond donors (Lipinski definition) is 2. The van der Waals surface area contributed by atoms with Gasteiger partial charge in [0, 0.05) is 112 Å². The number of fused-ring (bicyclic) bond motifs is 3. The molecule has 12 rings (SSSR count). The Morgan fingerprint density at radius 1 is 0.872 bits per heavy atom. The number of hydrogen-bond acceptors (Lipinski definition) is 13. The van der Waals surface area contributed by atoms with Crippen LogP contribution in [0.15, 0.2) is 36.5 Å². The van der Waals surface area contributed by atoms with Crippen LogP contribution in [0.2, 0.25) is 5.02 Å². The van der Waals surface area contributed by atoms with Gasteiger partial charge in [0.15, 0.2) is 5.82 Å². The van der Waals surface area contributed by atoms with Gasteiger partial charge in [0.05, 0.1) is 24.1 Å². The van der Waals surface area contributed by atoms with Gasteiger partial charge in [-0.05, 0) is 157 Å². The number of carbonyl (C=O) groups is 4. The van der Waals surface area contributed by atoms with Crippen LogP contribution >= 0.6 is 11.6 Å². The first-order valence-corrected chi connectivity index (χ1v) is 29.0.